The minimum atomic E-state index is -0.518. The molecule has 0 unspecified atom stereocenters. The van der Waals surface area contributed by atoms with Crippen LogP contribution >= 0.6 is 11.8 Å². The van der Waals surface area contributed by atoms with Crippen molar-refractivity contribution in [3.05, 3.63) is 100 Å². The van der Waals surface area contributed by atoms with Gasteiger partial charge in [-0.15, -0.1) is 11.8 Å². The highest BCUT2D eigenvalue weighted by Crippen LogP contribution is 2.23. The molecule has 3 aromatic rings. The molecule has 3 rings (SSSR count). The second kappa shape index (κ2) is 8.31. The third-order valence-corrected chi connectivity index (χ3v) is 4.76. The topological polar surface area (TPSA) is 72.2 Å². The van der Waals surface area contributed by atoms with Gasteiger partial charge < -0.3 is 5.32 Å². The number of hydrogen-bond acceptors (Lipinski definition) is 4. The van der Waals surface area contributed by atoms with E-state index in [4.69, 9.17) is 0 Å². The predicted octanol–water partition coefficient (Wildman–Crippen LogP) is 5.14. The number of nitrogens with one attached hydrogen (secondary N) is 1. The van der Waals surface area contributed by atoms with Crippen LogP contribution in [0.3, 0.4) is 0 Å². The molecule has 1 N–H and O–H groups in total. The largest absolute Gasteiger partial charge is 0.322 e. The Balaban J connectivity index is 1.61. The number of benzene rings is 3. The van der Waals surface area contributed by atoms with E-state index >= 15 is 0 Å². The number of carbonyl (C=O) groups is 1. The first-order valence-electron chi connectivity index (χ1n) is 7.94. The van der Waals surface area contributed by atoms with Crippen molar-refractivity contribution in [2.45, 2.75) is 10.6 Å². The molecule has 0 spiro atoms. The van der Waals surface area contributed by atoms with Gasteiger partial charge in [0.05, 0.1) is 4.92 Å². The van der Waals surface area contributed by atoms with Crippen molar-refractivity contribution >= 4 is 29.0 Å². The lowest BCUT2D eigenvalue weighted by atomic mass is 10.1. The van der Waals surface area contributed by atoms with Crippen molar-refractivity contribution in [1.82, 2.24) is 0 Å². The van der Waals surface area contributed by atoms with Gasteiger partial charge in [0.2, 0.25) is 0 Å². The molecule has 0 bridgehead atoms. The van der Waals surface area contributed by atoms with Crippen LogP contribution in [0.4, 0.5) is 11.4 Å². The van der Waals surface area contributed by atoms with Crippen molar-refractivity contribution in [2.24, 2.45) is 0 Å². The number of thioether (sulfide) groups is 1. The number of nitro groups is 1. The predicted molar refractivity (Wildman–Crippen MR) is 103 cm³/mol. The molecular formula is C20H16N2O3S. The van der Waals surface area contributed by atoms with Crippen LogP contribution in [0.5, 0.6) is 0 Å². The molecule has 0 aliphatic rings. The van der Waals surface area contributed by atoms with Crippen LogP contribution < -0.4 is 5.32 Å². The van der Waals surface area contributed by atoms with Crippen LogP contribution in [-0.2, 0) is 5.75 Å². The van der Waals surface area contributed by atoms with Gasteiger partial charge >= 0.3 is 0 Å². The molecule has 0 fully saturated rings. The van der Waals surface area contributed by atoms with Gasteiger partial charge in [0.25, 0.3) is 11.6 Å². The van der Waals surface area contributed by atoms with Crippen molar-refractivity contribution in [1.29, 1.82) is 0 Å². The van der Waals surface area contributed by atoms with Crippen molar-refractivity contribution in [2.75, 3.05) is 5.32 Å². The maximum atomic E-state index is 12.2. The van der Waals surface area contributed by atoms with Crippen LogP contribution in [0.2, 0.25) is 0 Å². The maximum Gasteiger partial charge on any atom is 0.270 e. The normalized spacial score (nSPS) is 10.3. The first-order chi connectivity index (χ1) is 12.6. The highest BCUT2D eigenvalue weighted by atomic mass is 32.2. The van der Waals surface area contributed by atoms with Gasteiger partial charge in [0, 0.05) is 34.0 Å². The molecule has 0 atom stereocenters. The maximum absolute atomic E-state index is 12.2. The fourth-order valence-electron chi connectivity index (χ4n) is 2.33. The van der Waals surface area contributed by atoms with E-state index in [0.717, 1.165) is 11.3 Å². The summed E-state index contributed by atoms with van der Waals surface area (Å²) in [5.74, 6) is 0.462. The van der Waals surface area contributed by atoms with E-state index in [2.05, 4.69) is 17.4 Å². The van der Waals surface area contributed by atoms with E-state index < -0.39 is 4.92 Å². The summed E-state index contributed by atoms with van der Waals surface area (Å²) in [5, 5.41) is 13.6. The third-order valence-electron chi connectivity index (χ3n) is 3.68. The lowest BCUT2D eigenvalue weighted by Crippen LogP contribution is -2.12. The minimum absolute atomic E-state index is 0.106. The van der Waals surface area contributed by atoms with Gasteiger partial charge in [0.1, 0.15) is 0 Å². The zero-order valence-corrected chi connectivity index (χ0v) is 14.6. The third kappa shape index (κ3) is 4.70. The second-order valence-corrected chi connectivity index (χ2v) is 6.61. The van der Waals surface area contributed by atoms with E-state index in [-0.39, 0.29) is 17.2 Å². The summed E-state index contributed by atoms with van der Waals surface area (Å²) in [7, 11) is 0. The molecule has 26 heavy (non-hydrogen) atoms. The van der Waals surface area contributed by atoms with Crippen molar-refractivity contribution in [3.63, 3.8) is 0 Å². The standard InChI is InChI=1S/C20H16N2O3S/c23-20(16-5-4-6-18(13-16)22(24)25)21-17-11-9-15(10-12-17)14-26-19-7-2-1-3-8-19/h1-13H,14H2,(H,21,23). The summed E-state index contributed by atoms with van der Waals surface area (Å²) in [6.45, 7) is 0. The first kappa shape index (κ1) is 17.7. The molecule has 0 aliphatic heterocycles. The summed E-state index contributed by atoms with van der Waals surface area (Å²) in [5.41, 5.74) is 1.94. The Labute approximate surface area is 155 Å². The van der Waals surface area contributed by atoms with Gasteiger partial charge in [-0.1, -0.05) is 36.4 Å². The SMILES string of the molecule is O=C(Nc1ccc(CSc2ccccc2)cc1)c1cccc([N+](=O)[O-])c1. The number of anilines is 1. The van der Waals surface area contributed by atoms with E-state index in [1.807, 2.05) is 42.5 Å². The van der Waals surface area contributed by atoms with E-state index in [9.17, 15) is 14.9 Å². The fourth-order valence-corrected chi connectivity index (χ4v) is 3.21. The van der Waals surface area contributed by atoms with Crippen LogP contribution in [0.1, 0.15) is 15.9 Å². The monoisotopic (exact) mass is 364 g/mol. The van der Waals surface area contributed by atoms with Gasteiger partial charge in [-0.25, -0.2) is 0 Å². The van der Waals surface area contributed by atoms with Crippen LogP contribution in [0.15, 0.2) is 83.8 Å². The number of carbonyl (C=O) groups excluding carboxylic acids is 1. The Bertz CT molecular complexity index is 912. The number of non-ortho nitro benzene ring substituents is 1. The fraction of sp³-hybridized carbons (Fsp3) is 0.0500. The Hall–Kier alpha value is -3.12. The number of amides is 1. The Morgan fingerprint density at radius 1 is 0.962 bits per heavy atom. The first-order valence-corrected chi connectivity index (χ1v) is 8.93. The van der Waals surface area contributed by atoms with Crippen LogP contribution in [0, 0.1) is 10.1 Å². The van der Waals surface area contributed by atoms with Crippen LogP contribution in [0.25, 0.3) is 0 Å². The molecule has 0 aliphatic carbocycles. The van der Waals surface area contributed by atoms with E-state index in [0.29, 0.717) is 5.69 Å². The Morgan fingerprint density at radius 2 is 1.69 bits per heavy atom. The number of nitro benzene ring substituents is 1. The molecule has 1 amide bonds. The molecule has 6 heteroatoms. The summed E-state index contributed by atoms with van der Waals surface area (Å²) in [4.78, 5) is 23.7. The highest BCUT2D eigenvalue weighted by Gasteiger charge is 2.11. The molecular weight excluding hydrogens is 348 g/mol. The van der Waals surface area contributed by atoms with Gasteiger partial charge in [-0.2, -0.15) is 0 Å². The zero-order valence-electron chi connectivity index (χ0n) is 13.8. The lowest BCUT2D eigenvalue weighted by Gasteiger charge is -2.07. The molecule has 0 saturated carbocycles. The Morgan fingerprint density at radius 3 is 2.38 bits per heavy atom. The molecule has 0 saturated heterocycles. The number of nitrogens with zero attached hydrogens (tertiary/aromatic N) is 1. The average Bonchev–Trinajstić information content (AvgIpc) is 2.68. The van der Waals surface area contributed by atoms with Crippen molar-refractivity contribution < 1.29 is 9.72 Å². The van der Waals surface area contributed by atoms with E-state index in [1.165, 1.54) is 23.1 Å². The summed E-state index contributed by atoms with van der Waals surface area (Å²) in [6, 6.07) is 23.4. The smallest absolute Gasteiger partial charge is 0.270 e. The molecule has 0 aromatic heterocycles. The quantitative estimate of drug-likeness (QED) is 0.373. The van der Waals surface area contributed by atoms with Gasteiger partial charge in [0.15, 0.2) is 0 Å². The van der Waals surface area contributed by atoms with Crippen molar-refractivity contribution in [3.8, 4) is 0 Å². The molecule has 0 heterocycles. The molecule has 130 valence electrons. The summed E-state index contributed by atoms with van der Waals surface area (Å²) >= 11 is 1.74. The lowest BCUT2D eigenvalue weighted by molar-refractivity contribution is -0.384. The summed E-state index contributed by atoms with van der Waals surface area (Å²) in [6.07, 6.45) is 0. The number of hydrogen-bond donors (Lipinski definition) is 1. The average molecular weight is 364 g/mol. The van der Waals surface area contributed by atoms with Gasteiger partial charge in [-0.05, 0) is 35.9 Å². The molecule has 3 aromatic carbocycles. The second-order valence-electron chi connectivity index (χ2n) is 5.56. The summed E-state index contributed by atoms with van der Waals surface area (Å²) < 4.78 is 0. The Kier molecular flexibility index (Phi) is 5.66. The highest BCUT2D eigenvalue weighted by molar-refractivity contribution is 7.98. The van der Waals surface area contributed by atoms with Crippen LogP contribution in [-0.4, -0.2) is 10.8 Å². The van der Waals surface area contributed by atoms with E-state index in [1.54, 1.807) is 17.8 Å². The number of rotatable bonds is 6. The van der Waals surface area contributed by atoms with Gasteiger partial charge in [-0.3, -0.25) is 14.9 Å². The molecule has 5 nitrogen and oxygen atoms in total. The minimum Gasteiger partial charge on any atom is -0.322 e. The zero-order chi connectivity index (χ0) is 18.4. The molecule has 0 radical (unpaired) electrons.